The van der Waals surface area contributed by atoms with Gasteiger partial charge in [-0.1, -0.05) is 0 Å². The summed E-state index contributed by atoms with van der Waals surface area (Å²) in [6.45, 7) is 1.89. The van der Waals surface area contributed by atoms with Crippen molar-refractivity contribution in [1.29, 1.82) is 0 Å². The van der Waals surface area contributed by atoms with Gasteiger partial charge in [0, 0.05) is 25.4 Å². The van der Waals surface area contributed by atoms with Crippen molar-refractivity contribution in [2.24, 2.45) is 0 Å². The summed E-state index contributed by atoms with van der Waals surface area (Å²) in [6, 6.07) is 0.315. The van der Waals surface area contributed by atoms with E-state index in [1.807, 2.05) is 0 Å². The molecule has 1 fully saturated rings. The summed E-state index contributed by atoms with van der Waals surface area (Å²) >= 11 is 0. The number of carbonyl (C=O) groups is 1. The zero-order valence-corrected chi connectivity index (χ0v) is 7.10. The van der Waals surface area contributed by atoms with Crippen LogP contribution >= 0.6 is 0 Å². The van der Waals surface area contributed by atoms with Crippen molar-refractivity contribution in [1.82, 2.24) is 10.6 Å². The van der Waals surface area contributed by atoms with E-state index in [0.29, 0.717) is 18.9 Å². The van der Waals surface area contributed by atoms with Gasteiger partial charge in [0.25, 0.3) is 0 Å². The molecule has 1 saturated heterocycles. The van der Waals surface area contributed by atoms with Crippen LogP contribution in [0, 0.1) is 12.3 Å². The maximum atomic E-state index is 11.1. The molecule has 1 atom stereocenters. The fourth-order valence-electron chi connectivity index (χ4n) is 1.26. The molecule has 1 rings (SSSR count). The van der Waals surface area contributed by atoms with Gasteiger partial charge in [-0.3, -0.25) is 4.79 Å². The first kappa shape index (κ1) is 9.08. The molecule has 66 valence electrons. The Balaban J connectivity index is 2.13. The minimum atomic E-state index is 0.0710. The van der Waals surface area contributed by atoms with Crippen LogP contribution in [0.3, 0.4) is 0 Å². The quantitative estimate of drug-likeness (QED) is 0.574. The average molecular weight is 166 g/mol. The van der Waals surface area contributed by atoms with Crippen LogP contribution in [0.25, 0.3) is 0 Å². The molecule has 0 radical (unpaired) electrons. The Morgan fingerprint density at radius 2 is 2.58 bits per heavy atom. The van der Waals surface area contributed by atoms with E-state index in [9.17, 15) is 4.79 Å². The fourth-order valence-corrected chi connectivity index (χ4v) is 1.26. The standard InChI is InChI=1S/C9H14N2O/c1-2-3-4-9(12)11-8-5-6-10-7-8/h1,8,10H,3-7H2,(H,11,12)/t8-/m1/s1. The van der Waals surface area contributed by atoms with Gasteiger partial charge in [0.1, 0.15) is 0 Å². The van der Waals surface area contributed by atoms with Gasteiger partial charge in [0.05, 0.1) is 0 Å². The molecule has 12 heavy (non-hydrogen) atoms. The highest BCUT2D eigenvalue weighted by atomic mass is 16.1. The third kappa shape index (κ3) is 2.93. The van der Waals surface area contributed by atoms with Crippen molar-refractivity contribution in [3.63, 3.8) is 0 Å². The lowest BCUT2D eigenvalue weighted by molar-refractivity contribution is -0.121. The van der Waals surface area contributed by atoms with Gasteiger partial charge in [-0.25, -0.2) is 0 Å². The molecular weight excluding hydrogens is 152 g/mol. The van der Waals surface area contributed by atoms with Crippen molar-refractivity contribution < 1.29 is 4.79 Å². The van der Waals surface area contributed by atoms with Crippen LogP contribution in [0.5, 0.6) is 0 Å². The Morgan fingerprint density at radius 3 is 3.17 bits per heavy atom. The maximum absolute atomic E-state index is 11.1. The molecule has 2 N–H and O–H groups in total. The molecule has 0 unspecified atom stereocenters. The largest absolute Gasteiger partial charge is 0.352 e. The minimum absolute atomic E-state index is 0.0710. The highest BCUT2D eigenvalue weighted by Crippen LogP contribution is 1.97. The molecule has 1 amide bonds. The lowest BCUT2D eigenvalue weighted by Gasteiger charge is -2.09. The van der Waals surface area contributed by atoms with Gasteiger partial charge in [-0.05, 0) is 13.0 Å². The second-order valence-electron chi connectivity index (χ2n) is 2.96. The summed E-state index contributed by atoms with van der Waals surface area (Å²) in [5.74, 6) is 2.52. The van der Waals surface area contributed by atoms with Gasteiger partial charge in [0.2, 0.25) is 5.91 Å². The first-order valence-corrected chi connectivity index (χ1v) is 4.26. The Morgan fingerprint density at radius 1 is 1.75 bits per heavy atom. The highest BCUT2D eigenvalue weighted by molar-refractivity contribution is 5.76. The Labute approximate surface area is 72.9 Å². The number of carbonyl (C=O) groups excluding carboxylic acids is 1. The third-order valence-electron chi connectivity index (χ3n) is 1.92. The van der Waals surface area contributed by atoms with Gasteiger partial charge >= 0.3 is 0 Å². The van der Waals surface area contributed by atoms with E-state index >= 15 is 0 Å². The summed E-state index contributed by atoms with van der Waals surface area (Å²) < 4.78 is 0. The average Bonchev–Trinajstić information content (AvgIpc) is 2.53. The van der Waals surface area contributed by atoms with Crippen molar-refractivity contribution in [3.8, 4) is 12.3 Å². The van der Waals surface area contributed by atoms with E-state index in [0.717, 1.165) is 19.5 Å². The van der Waals surface area contributed by atoms with E-state index in [1.54, 1.807) is 0 Å². The van der Waals surface area contributed by atoms with Crippen LogP contribution < -0.4 is 10.6 Å². The molecule has 0 aromatic rings. The van der Waals surface area contributed by atoms with Crippen molar-refractivity contribution in [2.45, 2.75) is 25.3 Å². The first-order chi connectivity index (χ1) is 5.83. The number of rotatable bonds is 3. The van der Waals surface area contributed by atoms with E-state index in [-0.39, 0.29) is 5.91 Å². The summed E-state index contributed by atoms with van der Waals surface area (Å²) in [6.07, 6.45) is 7.06. The zero-order chi connectivity index (χ0) is 8.81. The molecule has 1 heterocycles. The van der Waals surface area contributed by atoms with Crippen molar-refractivity contribution in [2.75, 3.05) is 13.1 Å². The van der Waals surface area contributed by atoms with E-state index in [2.05, 4.69) is 16.6 Å². The number of nitrogens with one attached hydrogen (secondary N) is 2. The van der Waals surface area contributed by atoms with Gasteiger partial charge < -0.3 is 10.6 Å². The minimum Gasteiger partial charge on any atom is -0.352 e. The molecule has 0 saturated carbocycles. The monoisotopic (exact) mass is 166 g/mol. The third-order valence-corrected chi connectivity index (χ3v) is 1.92. The van der Waals surface area contributed by atoms with Gasteiger partial charge in [-0.15, -0.1) is 12.3 Å². The molecule has 0 aromatic heterocycles. The normalized spacial score (nSPS) is 21.8. The second kappa shape index (κ2) is 4.78. The molecule has 0 spiro atoms. The summed E-state index contributed by atoms with van der Waals surface area (Å²) in [5, 5.41) is 6.10. The van der Waals surface area contributed by atoms with E-state index in [1.165, 1.54) is 0 Å². The lowest BCUT2D eigenvalue weighted by Crippen LogP contribution is -2.35. The molecular formula is C9H14N2O. The van der Waals surface area contributed by atoms with Crippen LogP contribution in [0.4, 0.5) is 0 Å². The zero-order valence-electron chi connectivity index (χ0n) is 7.10. The summed E-state index contributed by atoms with van der Waals surface area (Å²) in [4.78, 5) is 11.1. The number of terminal acetylenes is 1. The van der Waals surface area contributed by atoms with Crippen molar-refractivity contribution in [3.05, 3.63) is 0 Å². The van der Waals surface area contributed by atoms with Crippen LogP contribution in [-0.4, -0.2) is 25.0 Å². The predicted molar refractivity (Wildman–Crippen MR) is 47.5 cm³/mol. The van der Waals surface area contributed by atoms with Crippen molar-refractivity contribution >= 4 is 5.91 Å². The Kier molecular flexibility index (Phi) is 3.62. The van der Waals surface area contributed by atoms with E-state index in [4.69, 9.17) is 6.42 Å². The first-order valence-electron chi connectivity index (χ1n) is 4.26. The Hall–Kier alpha value is -1.01. The molecule has 3 heteroatoms. The molecule has 0 bridgehead atoms. The van der Waals surface area contributed by atoms with E-state index < -0.39 is 0 Å². The molecule has 0 aliphatic carbocycles. The Bertz CT molecular complexity index is 189. The molecule has 3 nitrogen and oxygen atoms in total. The lowest BCUT2D eigenvalue weighted by atomic mass is 10.2. The fraction of sp³-hybridized carbons (Fsp3) is 0.667. The van der Waals surface area contributed by atoms with Gasteiger partial charge in [0.15, 0.2) is 0 Å². The van der Waals surface area contributed by atoms with Crippen LogP contribution in [0.2, 0.25) is 0 Å². The smallest absolute Gasteiger partial charge is 0.221 e. The van der Waals surface area contributed by atoms with Crippen LogP contribution in [-0.2, 0) is 4.79 Å². The summed E-state index contributed by atoms with van der Waals surface area (Å²) in [5.41, 5.74) is 0. The predicted octanol–water partition coefficient (Wildman–Crippen LogP) is -0.122. The second-order valence-corrected chi connectivity index (χ2v) is 2.96. The number of hydrogen-bond acceptors (Lipinski definition) is 2. The molecule has 0 aromatic carbocycles. The summed E-state index contributed by atoms with van der Waals surface area (Å²) in [7, 11) is 0. The molecule has 1 aliphatic rings. The molecule has 1 aliphatic heterocycles. The van der Waals surface area contributed by atoms with Crippen LogP contribution in [0.15, 0.2) is 0 Å². The topological polar surface area (TPSA) is 41.1 Å². The maximum Gasteiger partial charge on any atom is 0.221 e. The SMILES string of the molecule is C#CCCC(=O)N[C@@H]1CCNC1. The van der Waals surface area contributed by atoms with Gasteiger partial charge in [-0.2, -0.15) is 0 Å². The van der Waals surface area contributed by atoms with Crippen LogP contribution in [0.1, 0.15) is 19.3 Å². The number of amides is 1. The highest BCUT2D eigenvalue weighted by Gasteiger charge is 2.15. The number of hydrogen-bond donors (Lipinski definition) is 2.